The molecule has 4 aromatic rings. The fourth-order valence-corrected chi connectivity index (χ4v) is 3.05. The van der Waals surface area contributed by atoms with E-state index in [1.165, 1.54) is 0 Å². The molecule has 7 heteroatoms. The average molecular weight is 360 g/mol. The second-order valence-corrected chi connectivity index (χ2v) is 6.27. The second-order valence-electron chi connectivity index (χ2n) is 6.27. The van der Waals surface area contributed by atoms with Gasteiger partial charge in [0.15, 0.2) is 0 Å². The first-order valence-corrected chi connectivity index (χ1v) is 8.61. The molecule has 0 bridgehead atoms. The average Bonchev–Trinajstić information content (AvgIpc) is 3.22. The van der Waals surface area contributed by atoms with Crippen molar-refractivity contribution < 1.29 is 4.74 Å². The zero-order valence-corrected chi connectivity index (χ0v) is 15.1. The first-order chi connectivity index (χ1) is 13.1. The second kappa shape index (κ2) is 6.95. The van der Waals surface area contributed by atoms with Crippen molar-refractivity contribution in [1.82, 2.24) is 20.2 Å². The van der Waals surface area contributed by atoms with Gasteiger partial charge in [0.2, 0.25) is 5.88 Å². The number of benzene rings is 1. The molecule has 1 atom stereocenters. The van der Waals surface area contributed by atoms with Gasteiger partial charge in [0.25, 0.3) is 0 Å². The summed E-state index contributed by atoms with van der Waals surface area (Å²) in [5.74, 6) is 1.04. The van der Waals surface area contributed by atoms with Crippen molar-refractivity contribution in [3.05, 3.63) is 60.4 Å². The number of nitrogens with one attached hydrogen (secondary N) is 2. The van der Waals surface area contributed by atoms with Gasteiger partial charge in [-0.05, 0) is 25.1 Å². The van der Waals surface area contributed by atoms with Crippen LogP contribution in [0, 0.1) is 0 Å². The smallest absolute Gasteiger partial charge is 0.213 e. The number of methoxy groups -OCH3 is 1. The zero-order valence-electron chi connectivity index (χ0n) is 15.1. The van der Waals surface area contributed by atoms with Gasteiger partial charge < -0.3 is 15.8 Å². The summed E-state index contributed by atoms with van der Waals surface area (Å²) in [5, 5.41) is 11.4. The quantitative estimate of drug-likeness (QED) is 0.500. The largest absolute Gasteiger partial charge is 0.481 e. The molecule has 0 spiro atoms. The molecule has 0 radical (unpaired) electrons. The van der Waals surface area contributed by atoms with Gasteiger partial charge in [0.1, 0.15) is 5.82 Å². The summed E-state index contributed by atoms with van der Waals surface area (Å²) in [6, 6.07) is 15.5. The van der Waals surface area contributed by atoms with Crippen LogP contribution >= 0.6 is 0 Å². The number of aromatic nitrogens is 4. The molecule has 0 amide bonds. The molecular formula is C20H20N6O. The van der Waals surface area contributed by atoms with Gasteiger partial charge in [-0.3, -0.25) is 5.10 Å². The number of nitrogen functional groups attached to an aromatic ring is 1. The molecule has 3 heterocycles. The molecule has 0 saturated carbocycles. The Hall–Kier alpha value is -3.61. The molecule has 1 unspecified atom stereocenters. The van der Waals surface area contributed by atoms with Gasteiger partial charge >= 0.3 is 0 Å². The Morgan fingerprint density at radius 2 is 2.00 bits per heavy atom. The highest BCUT2D eigenvalue weighted by atomic mass is 16.5. The van der Waals surface area contributed by atoms with Crippen LogP contribution in [0.2, 0.25) is 0 Å². The summed E-state index contributed by atoms with van der Waals surface area (Å²) in [6.07, 6.45) is 1.72. The molecule has 0 fully saturated rings. The van der Waals surface area contributed by atoms with Crippen LogP contribution in [0.25, 0.3) is 22.2 Å². The molecule has 136 valence electrons. The van der Waals surface area contributed by atoms with E-state index in [2.05, 4.69) is 25.5 Å². The third kappa shape index (κ3) is 3.39. The number of nitrogens with zero attached hydrogens (tertiary/aromatic N) is 3. The van der Waals surface area contributed by atoms with Gasteiger partial charge in [0.05, 0.1) is 30.1 Å². The molecule has 0 aliphatic rings. The van der Waals surface area contributed by atoms with Gasteiger partial charge in [-0.2, -0.15) is 5.10 Å². The lowest BCUT2D eigenvalue weighted by molar-refractivity contribution is 0.395. The number of hydrogen-bond donors (Lipinski definition) is 3. The van der Waals surface area contributed by atoms with E-state index in [0.717, 1.165) is 33.5 Å². The normalized spacial score (nSPS) is 12.1. The Bertz CT molecular complexity index is 1080. The third-order valence-corrected chi connectivity index (χ3v) is 4.41. The zero-order chi connectivity index (χ0) is 18.8. The molecule has 27 heavy (non-hydrogen) atoms. The van der Waals surface area contributed by atoms with Crippen LogP contribution in [-0.4, -0.2) is 27.3 Å². The van der Waals surface area contributed by atoms with E-state index in [1.54, 1.807) is 13.3 Å². The van der Waals surface area contributed by atoms with Crippen molar-refractivity contribution in [3.8, 4) is 17.1 Å². The molecule has 3 aromatic heterocycles. The summed E-state index contributed by atoms with van der Waals surface area (Å²) < 4.78 is 5.22. The van der Waals surface area contributed by atoms with Crippen molar-refractivity contribution in [2.75, 3.05) is 18.2 Å². The van der Waals surface area contributed by atoms with Crippen LogP contribution in [0.4, 0.5) is 11.5 Å². The summed E-state index contributed by atoms with van der Waals surface area (Å²) in [6.45, 7) is 2.04. The lowest BCUT2D eigenvalue weighted by atomic mass is 10.1. The molecule has 4 N–H and O–H groups in total. The van der Waals surface area contributed by atoms with Crippen molar-refractivity contribution in [3.63, 3.8) is 0 Å². The van der Waals surface area contributed by atoms with Crippen LogP contribution < -0.4 is 15.8 Å². The molecule has 0 aliphatic carbocycles. The standard InChI is InChI=1S/C20H20N6O/c1-12(15-4-3-5-20(25-15)27-2)23-18-11-19(21)24-17-10-13(6-7-14(17)18)16-8-9-22-26-16/h3-12H,1-2H3,(H,22,26)(H3,21,23,24). The van der Waals surface area contributed by atoms with Gasteiger partial charge in [-0.1, -0.05) is 18.2 Å². The van der Waals surface area contributed by atoms with Crippen molar-refractivity contribution in [2.24, 2.45) is 0 Å². The first-order valence-electron chi connectivity index (χ1n) is 8.61. The number of fused-ring (bicyclic) bond motifs is 1. The molecule has 4 rings (SSSR count). The van der Waals surface area contributed by atoms with E-state index in [-0.39, 0.29) is 6.04 Å². The molecule has 0 saturated heterocycles. The van der Waals surface area contributed by atoms with Crippen molar-refractivity contribution in [2.45, 2.75) is 13.0 Å². The molecule has 1 aromatic carbocycles. The Kier molecular flexibility index (Phi) is 4.33. The number of H-pyrrole nitrogens is 1. The van der Waals surface area contributed by atoms with Gasteiger partial charge in [0, 0.05) is 35.0 Å². The third-order valence-electron chi connectivity index (χ3n) is 4.41. The minimum absolute atomic E-state index is 0.0302. The van der Waals surface area contributed by atoms with Crippen LogP contribution in [0.3, 0.4) is 0 Å². The maximum atomic E-state index is 6.05. The molecule has 0 aliphatic heterocycles. The number of hydrogen-bond acceptors (Lipinski definition) is 6. The van der Waals surface area contributed by atoms with Crippen molar-refractivity contribution >= 4 is 22.4 Å². The summed E-state index contributed by atoms with van der Waals surface area (Å²) in [4.78, 5) is 8.98. The topological polar surface area (TPSA) is 102 Å². The number of nitrogens with two attached hydrogens (primary N) is 1. The van der Waals surface area contributed by atoms with Crippen LogP contribution in [0.15, 0.2) is 54.7 Å². The predicted molar refractivity (Wildman–Crippen MR) is 107 cm³/mol. The maximum absolute atomic E-state index is 6.05. The minimum Gasteiger partial charge on any atom is -0.481 e. The summed E-state index contributed by atoms with van der Waals surface area (Å²) >= 11 is 0. The highest BCUT2D eigenvalue weighted by Gasteiger charge is 2.12. The van der Waals surface area contributed by atoms with Gasteiger partial charge in [-0.15, -0.1) is 0 Å². The monoisotopic (exact) mass is 360 g/mol. The van der Waals surface area contributed by atoms with E-state index in [9.17, 15) is 0 Å². The maximum Gasteiger partial charge on any atom is 0.213 e. The minimum atomic E-state index is -0.0302. The van der Waals surface area contributed by atoms with Crippen LogP contribution in [0.5, 0.6) is 5.88 Å². The number of ether oxygens (including phenoxy) is 1. The van der Waals surface area contributed by atoms with Crippen LogP contribution in [0.1, 0.15) is 18.7 Å². The lowest BCUT2D eigenvalue weighted by Gasteiger charge is -2.17. The van der Waals surface area contributed by atoms with Gasteiger partial charge in [-0.25, -0.2) is 9.97 Å². The van der Waals surface area contributed by atoms with E-state index in [4.69, 9.17) is 10.5 Å². The van der Waals surface area contributed by atoms with Crippen LogP contribution in [-0.2, 0) is 0 Å². The van der Waals surface area contributed by atoms with E-state index < -0.39 is 0 Å². The Morgan fingerprint density at radius 1 is 1.11 bits per heavy atom. The highest BCUT2D eigenvalue weighted by Crippen LogP contribution is 2.30. The predicted octanol–water partition coefficient (Wildman–Crippen LogP) is 3.78. The number of aromatic amines is 1. The number of pyridine rings is 2. The Morgan fingerprint density at radius 3 is 2.78 bits per heavy atom. The fraction of sp³-hybridized carbons (Fsp3) is 0.150. The first kappa shape index (κ1) is 16.8. The van der Waals surface area contributed by atoms with E-state index in [0.29, 0.717) is 11.7 Å². The summed E-state index contributed by atoms with van der Waals surface area (Å²) in [5.41, 5.74) is 10.6. The lowest BCUT2D eigenvalue weighted by Crippen LogP contribution is -2.10. The number of rotatable bonds is 5. The Labute approximate surface area is 156 Å². The SMILES string of the molecule is COc1cccc(C(C)Nc2cc(N)nc3cc(-c4ccn[nH]4)ccc23)n1. The van der Waals surface area contributed by atoms with E-state index >= 15 is 0 Å². The summed E-state index contributed by atoms with van der Waals surface area (Å²) in [7, 11) is 1.61. The molecular weight excluding hydrogens is 340 g/mol. The highest BCUT2D eigenvalue weighted by molar-refractivity contribution is 5.95. The van der Waals surface area contributed by atoms with Crippen molar-refractivity contribution in [1.29, 1.82) is 0 Å². The van der Waals surface area contributed by atoms with E-state index in [1.807, 2.05) is 55.5 Å². The number of anilines is 2. The Balaban J connectivity index is 1.70. The molecule has 7 nitrogen and oxygen atoms in total. The fourth-order valence-electron chi connectivity index (χ4n) is 3.05.